The van der Waals surface area contributed by atoms with Crippen LogP contribution in [-0.4, -0.2) is 21.1 Å². The first kappa shape index (κ1) is 11.6. The predicted octanol–water partition coefficient (Wildman–Crippen LogP) is 1.25. The van der Waals surface area contributed by atoms with E-state index in [0.29, 0.717) is 11.5 Å². The standard InChI is InChI=1S/C10H13N5OS/c1-5-4-17-10(12-5)6(2)13-9(16)7-3-8(11)15-14-7/h3-4,6H,1-2H3,(H,13,16)(H3,11,14,15). The lowest BCUT2D eigenvalue weighted by molar-refractivity contribution is 0.0934. The third-order valence-corrected chi connectivity index (χ3v) is 3.34. The Morgan fingerprint density at radius 1 is 1.65 bits per heavy atom. The fraction of sp³-hybridized carbons (Fsp3) is 0.300. The van der Waals surface area contributed by atoms with Gasteiger partial charge in [-0.15, -0.1) is 11.3 Å². The topological polar surface area (TPSA) is 96.7 Å². The molecule has 90 valence electrons. The van der Waals surface area contributed by atoms with Gasteiger partial charge >= 0.3 is 0 Å². The number of nitrogen functional groups attached to an aromatic ring is 1. The summed E-state index contributed by atoms with van der Waals surface area (Å²) in [6.07, 6.45) is 0. The van der Waals surface area contributed by atoms with E-state index in [2.05, 4.69) is 20.5 Å². The molecule has 1 amide bonds. The third kappa shape index (κ3) is 2.62. The normalized spacial score (nSPS) is 12.4. The first-order chi connectivity index (χ1) is 8.06. The quantitative estimate of drug-likeness (QED) is 0.764. The van der Waals surface area contributed by atoms with Crippen molar-refractivity contribution in [2.24, 2.45) is 0 Å². The highest BCUT2D eigenvalue weighted by atomic mass is 32.1. The Kier molecular flexibility index (Phi) is 3.10. The van der Waals surface area contributed by atoms with E-state index >= 15 is 0 Å². The lowest BCUT2D eigenvalue weighted by Gasteiger charge is -2.09. The Hall–Kier alpha value is -1.89. The first-order valence-electron chi connectivity index (χ1n) is 5.10. The highest BCUT2D eigenvalue weighted by Crippen LogP contribution is 2.17. The summed E-state index contributed by atoms with van der Waals surface area (Å²) in [6, 6.07) is 1.36. The summed E-state index contributed by atoms with van der Waals surface area (Å²) >= 11 is 1.52. The minimum absolute atomic E-state index is 0.134. The monoisotopic (exact) mass is 251 g/mol. The van der Waals surface area contributed by atoms with Gasteiger partial charge in [-0.1, -0.05) is 0 Å². The number of nitrogens with one attached hydrogen (secondary N) is 2. The van der Waals surface area contributed by atoms with Gasteiger partial charge in [0.25, 0.3) is 5.91 Å². The molecule has 1 atom stereocenters. The van der Waals surface area contributed by atoms with Crippen LogP contribution in [0.1, 0.15) is 34.2 Å². The Morgan fingerprint density at radius 2 is 2.41 bits per heavy atom. The number of carbonyl (C=O) groups excluding carboxylic acids is 1. The molecule has 4 N–H and O–H groups in total. The molecule has 0 saturated carbocycles. The van der Waals surface area contributed by atoms with Gasteiger partial charge in [0.2, 0.25) is 0 Å². The maximum Gasteiger partial charge on any atom is 0.269 e. The molecule has 0 spiro atoms. The van der Waals surface area contributed by atoms with Crippen LogP contribution >= 0.6 is 11.3 Å². The Bertz CT molecular complexity index is 532. The summed E-state index contributed by atoms with van der Waals surface area (Å²) in [7, 11) is 0. The zero-order valence-corrected chi connectivity index (χ0v) is 10.3. The molecule has 7 heteroatoms. The van der Waals surface area contributed by atoms with Crippen molar-refractivity contribution >= 4 is 23.1 Å². The average Bonchev–Trinajstić information content (AvgIpc) is 2.87. The third-order valence-electron chi connectivity index (χ3n) is 2.20. The number of amides is 1. The molecule has 0 radical (unpaired) electrons. The van der Waals surface area contributed by atoms with Crippen molar-refractivity contribution in [3.05, 3.63) is 27.8 Å². The Labute approximate surface area is 102 Å². The van der Waals surface area contributed by atoms with Gasteiger partial charge in [-0.2, -0.15) is 5.10 Å². The zero-order valence-electron chi connectivity index (χ0n) is 9.52. The minimum Gasteiger partial charge on any atom is -0.382 e. The maximum atomic E-state index is 11.8. The number of carbonyl (C=O) groups is 1. The molecule has 0 aliphatic heterocycles. The van der Waals surface area contributed by atoms with Gasteiger partial charge in [0.05, 0.1) is 6.04 Å². The van der Waals surface area contributed by atoms with E-state index in [1.807, 2.05) is 19.2 Å². The zero-order chi connectivity index (χ0) is 12.4. The summed E-state index contributed by atoms with van der Waals surface area (Å²) in [5.74, 6) is 0.0578. The second-order valence-corrected chi connectivity index (χ2v) is 4.62. The van der Waals surface area contributed by atoms with Crippen LogP contribution in [0.25, 0.3) is 0 Å². The number of rotatable bonds is 3. The fourth-order valence-corrected chi connectivity index (χ4v) is 2.16. The second-order valence-electron chi connectivity index (χ2n) is 3.73. The number of nitrogens with zero attached hydrogens (tertiary/aromatic N) is 2. The van der Waals surface area contributed by atoms with E-state index < -0.39 is 0 Å². The number of hydrogen-bond donors (Lipinski definition) is 3. The Balaban J connectivity index is 2.04. The minimum atomic E-state index is -0.241. The van der Waals surface area contributed by atoms with E-state index in [4.69, 9.17) is 5.73 Å². The van der Waals surface area contributed by atoms with Crippen molar-refractivity contribution < 1.29 is 4.79 Å². The van der Waals surface area contributed by atoms with Gasteiger partial charge in [0, 0.05) is 17.1 Å². The number of hydrogen-bond acceptors (Lipinski definition) is 5. The van der Waals surface area contributed by atoms with Gasteiger partial charge in [-0.3, -0.25) is 9.89 Å². The van der Waals surface area contributed by atoms with Crippen LogP contribution < -0.4 is 11.1 Å². The van der Waals surface area contributed by atoms with Crippen LogP contribution in [0.4, 0.5) is 5.82 Å². The number of aryl methyl sites for hydroxylation is 1. The molecular weight excluding hydrogens is 238 g/mol. The molecule has 6 nitrogen and oxygen atoms in total. The maximum absolute atomic E-state index is 11.8. The van der Waals surface area contributed by atoms with Crippen LogP contribution in [0.5, 0.6) is 0 Å². The van der Waals surface area contributed by atoms with Crippen LogP contribution in [0.15, 0.2) is 11.4 Å². The van der Waals surface area contributed by atoms with Crippen molar-refractivity contribution in [1.29, 1.82) is 0 Å². The lowest BCUT2D eigenvalue weighted by atomic mass is 10.3. The highest BCUT2D eigenvalue weighted by Gasteiger charge is 2.15. The van der Waals surface area contributed by atoms with Gasteiger partial charge in [0.1, 0.15) is 16.5 Å². The summed E-state index contributed by atoms with van der Waals surface area (Å²) in [5, 5.41) is 11.9. The molecule has 17 heavy (non-hydrogen) atoms. The van der Waals surface area contributed by atoms with Crippen LogP contribution in [0, 0.1) is 6.92 Å². The van der Waals surface area contributed by atoms with Crippen LogP contribution in [0.3, 0.4) is 0 Å². The molecule has 2 aromatic heterocycles. The van der Waals surface area contributed by atoms with E-state index in [1.165, 1.54) is 17.4 Å². The van der Waals surface area contributed by atoms with Gasteiger partial charge in [0.15, 0.2) is 0 Å². The van der Waals surface area contributed by atoms with Crippen molar-refractivity contribution in [2.45, 2.75) is 19.9 Å². The number of aromatic nitrogens is 3. The number of H-pyrrole nitrogens is 1. The smallest absolute Gasteiger partial charge is 0.269 e. The molecule has 0 fully saturated rings. The molecule has 0 bridgehead atoms. The summed E-state index contributed by atoms with van der Waals surface area (Å²) in [4.78, 5) is 16.1. The van der Waals surface area contributed by atoms with Crippen LogP contribution in [0.2, 0.25) is 0 Å². The molecule has 2 aromatic rings. The highest BCUT2D eigenvalue weighted by molar-refractivity contribution is 7.09. The molecule has 2 heterocycles. The first-order valence-corrected chi connectivity index (χ1v) is 5.98. The SMILES string of the molecule is Cc1csc(C(C)NC(=O)c2cc(N)n[nH]2)n1. The van der Waals surface area contributed by atoms with Crippen molar-refractivity contribution in [3.63, 3.8) is 0 Å². The van der Waals surface area contributed by atoms with Gasteiger partial charge < -0.3 is 11.1 Å². The van der Waals surface area contributed by atoms with Crippen molar-refractivity contribution in [1.82, 2.24) is 20.5 Å². The van der Waals surface area contributed by atoms with Gasteiger partial charge in [-0.25, -0.2) is 4.98 Å². The average molecular weight is 251 g/mol. The van der Waals surface area contributed by atoms with E-state index in [9.17, 15) is 4.79 Å². The molecule has 0 aliphatic rings. The summed E-state index contributed by atoms with van der Waals surface area (Å²) in [5.41, 5.74) is 6.73. The van der Waals surface area contributed by atoms with Crippen LogP contribution in [-0.2, 0) is 0 Å². The number of aromatic amines is 1. The molecular formula is C10H13N5OS. The summed E-state index contributed by atoms with van der Waals surface area (Å²) in [6.45, 7) is 3.81. The van der Waals surface area contributed by atoms with Crippen molar-refractivity contribution in [3.8, 4) is 0 Å². The lowest BCUT2D eigenvalue weighted by Crippen LogP contribution is -2.26. The van der Waals surface area contributed by atoms with Crippen molar-refractivity contribution in [2.75, 3.05) is 5.73 Å². The summed E-state index contributed by atoms with van der Waals surface area (Å²) < 4.78 is 0. The Morgan fingerprint density at radius 3 is 2.94 bits per heavy atom. The number of nitrogens with two attached hydrogens (primary N) is 1. The molecule has 2 rings (SSSR count). The molecule has 0 saturated heterocycles. The van der Waals surface area contributed by atoms with E-state index in [-0.39, 0.29) is 11.9 Å². The number of anilines is 1. The molecule has 1 unspecified atom stereocenters. The predicted molar refractivity (Wildman–Crippen MR) is 65.7 cm³/mol. The molecule has 0 aliphatic carbocycles. The van der Waals surface area contributed by atoms with Gasteiger partial charge in [-0.05, 0) is 13.8 Å². The largest absolute Gasteiger partial charge is 0.382 e. The van der Waals surface area contributed by atoms with E-state index in [1.54, 1.807) is 0 Å². The second kappa shape index (κ2) is 4.54. The number of thiazole rings is 1. The fourth-order valence-electron chi connectivity index (χ4n) is 1.36. The molecule has 0 aromatic carbocycles. The van der Waals surface area contributed by atoms with E-state index in [0.717, 1.165) is 10.7 Å².